The van der Waals surface area contributed by atoms with Gasteiger partial charge in [0.2, 0.25) is 0 Å². The van der Waals surface area contributed by atoms with Crippen molar-refractivity contribution in [3.8, 4) is 17.0 Å². The molecule has 1 aromatic carbocycles. The fourth-order valence-corrected chi connectivity index (χ4v) is 2.34. The van der Waals surface area contributed by atoms with Crippen LogP contribution >= 0.6 is 23.2 Å². The van der Waals surface area contributed by atoms with E-state index in [9.17, 15) is 9.50 Å². The molecule has 0 radical (unpaired) electrons. The molecular weight excluding hydrogens is 372 g/mol. The molecule has 0 aliphatic heterocycles. The van der Waals surface area contributed by atoms with Crippen LogP contribution in [0.4, 0.5) is 10.1 Å². The van der Waals surface area contributed by atoms with Crippen LogP contribution < -0.4 is 15.6 Å². The molecule has 132 valence electrons. The van der Waals surface area contributed by atoms with Crippen LogP contribution in [0.1, 0.15) is 5.69 Å². The van der Waals surface area contributed by atoms with Crippen molar-refractivity contribution in [1.82, 2.24) is 4.98 Å². The molecular formula is C16H13Cl2FN3O3-. The largest absolute Gasteiger partial charge is 0.855 e. The minimum absolute atomic E-state index is 0.0293. The third-order valence-electron chi connectivity index (χ3n) is 3.06. The lowest BCUT2D eigenvalue weighted by Gasteiger charge is -2.15. The molecule has 25 heavy (non-hydrogen) atoms. The first-order chi connectivity index (χ1) is 11.9. The van der Waals surface area contributed by atoms with Crippen LogP contribution in [0.3, 0.4) is 0 Å². The van der Waals surface area contributed by atoms with E-state index in [1.54, 1.807) is 0 Å². The number of rotatable bonds is 6. The topological polar surface area (TPSA) is 92.8 Å². The van der Waals surface area contributed by atoms with Gasteiger partial charge in [0.05, 0.1) is 40.1 Å². The van der Waals surface area contributed by atoms with Crippen LogP contribution in [-0.4, -0.2) is 24.6 Å². The fourth-order valence-electron chi connectivity index (χ4n) is 1.94. The summed E-state index contributed by atoms with van der Waals surface area (Å²) in [7, 11) is 1.28. The molecule has 0 saturated carbocycles. The normalized spacial score (nSPS) is 11.3. The van der Waals surface area contributed by atoms with Crippen LogP contribution in [-0.2, 0) is 4.84 Å². The predicted molar refractivity (Wildman–Crippen MR) is 93.3 cm³/mol. The summed E-state index contributed by atoms with van der Waals surface area (Å²) in [6, 6.07) is 4.15. The Bertz CT molecular complexity index is 844. The van der Waals surface area contributed by atoms with Crippen molar-refractivity contribution in [2.24, 2.45) is 5.16 Å². The number of hydrogen-bond acceptors (Lipinski definition) is 6. The lowest BCUT2D eigenvalue weighted by molar-refractivity contribution is -0.217. The molecule has 0 atom stereocenters. The molecule has 1 aromatic heterocycles. The molecule has 2 N–H and O–H groups in total. The Kier molecular flexibility index (Phi) is 6.06. The zero-order valence-corrected chi connectivity index (χ0v) is 14.6. The van der Waals surface area contributed by atoms with Crippen LogP contribution in [0, 0.1) is 5.82 Å². The Labute approximate surface area is 153 Å². The van der Waals surface area contributed by atoms with Crippen molar-refractivity contribution in [3.63, 3.8) is 0 Å². The van der Waals surface area contributed by atoms with Gasteiger partial charge in [0.1, 0.15) is 6.61 Å². The number of halogens is 3. The Morgan fingerprint density at radius 2 is 2.20 bits per heavy atom. The number of ether oxygens (including phenoxy) is 1. The molecule has 0 aliphatic carbocycles. The van der Waals surface area contributed by atoms with Gasteiger partial charge < -0.3 is 20.4 Å². The first-order valence-corrected chi connectivity index (χ1v) is 7.62. The molecule has 0 unspecified atom stereocenters. The highest BCUT2D eigenvalue weighted by atomic mass is 35.5. The van der Waals surface area contributed by atoms with E-state index in [1.165, 1.54) is 31.4 Å². The van der Waals surface area contributed by atoms with Crippen LogP contribution in [0.5, 0.6) is 5.75 Å². The SMILES string of the molecule is C=CCO/N=C(\[O-])c1nc(-c2ccc(Cl)c(OC)c2F)cc(N)c1Cl. The van der Waals surface area contributed by atoms with Gasteiger partial charge in [-0.15, -0.1) is 5.16 Å². The number of nitrogens with zero attached hydrogens (tertiary/aromatic N) is 2. The van der Waals surface area contributed by atoms with E-state index in [2.05, 4.69) is 16.7 Å². The fraction of sp³-hybridized carbons (Fsp3) is 0.125. The average molecular weight is 385 g/mol. The molecule has 2 rings (SSSR count). The molecule has 0 saturated heterocycles. The van der Waals surface area contributed by atoms with E-state index in [-0.39, 0.29) is 45.0 Å². The predicted octanol–water partition coefficient (Wildman–Crippen LogP) is 3.01. The standard InChI is InChI=1S/C16H14Cl2FN3O3/c1-3-6-25-22-16(23)14-12(18)10(20)7-11(21-14)8-4-5-9(17)15(24-2)13(8)19/h3-5,7H,1,6H2,2H3,(H2,20,21)(H,22,23)/p-1. The second-order valence-electron chi connectivity index (χ2n) is 4.68. The summed E-state index contributed by atoms with van der Waals surface area (Å²) in [5.74, 6) is -1.76. The number of nitrogen functional groups attached to an aromatic ring is 1. The van der Waals surface area contributed by atoms with Crippen LogP contribution in [0.25, 0.3) is 11.3 Å². The molecule has 0 aliphatic rings. The monoisotopic (exact) mass is 384 g/mol. The maximum Gasteiger partial charge on any atom is 0.175 e. The molecule has 6 nitrogen and oxygen atoms in total. The molecule has 0 amide bonds. The second-order valence-corrected chi connectivity index (χ2v) is 5.47. The zero-order valence-electron chi connectivity index (χ0n) is 13.1. The summed E-state index contributed by atoms with van der Waals surface area (Å²) in [5, 5.41) is 15.4. The van der Waals surface area contributed by atoms with Gasteiger partial charge in [0.25, 0.3) is 0 Å². The van der Waals surface area contributed by atoms with Crippen molar-refractivity contribution in [3.05, 3.63) is 52.4 Å². The molecule has 0 spiro atoms. The van der Waals surface area contributed by atoms with Crippen molar-refractivity contribution in [2.45, 2.75) is 0 Å². The summed E-state index contributed by atoms with van der Waals surface area (Å²) in [6.07, 6.45) is 1.41. The minimum atomic E-state index is -0.860. The van der Waals surface area contributed by atoms with Gasteiger partial charge in [-0.3, -0.25) is 0 Å². The lowest BCUT2D eigenvalue weighted by Crippen LogP contribution is -2.22. The highest BCUT2D eigenvalue weighted by Crippen LogP contribution is 2.36. The van der Waals surface area contributed by atoms with Crippen molar-refractivity contribution < 1.29 is 19.1 Å². The third kappa shape index (κ3) is 3.94. The number of hydrogen-bond donors (Lipinski definition) is 1. The van der Waals surface area contributed by atoms with Gasteiger partial charge in [-0.2, -0.15) is 0 Å². The molecule has 2 aromatic rings. The summed E-state index contributed by atoms with van der Waals surface area (Å²) >= 11 is 11.9. The van der Waals surface area contributed by atoms with Gasteiger partial charge in [-0.25, -0.2) is 9.37 Å². The maximum atomic E-state index is 14.6. The highest BCUT2D eigenvalue weighted by Gasteiger charge is 2.18. The molecule has 9 heteroatoms. The van der Waals surface area contributed by atoms with Crippen molar-refractivity contribution >= 4 is 34.8 Å². The first-order valence-electron chi connectivity index (χ1n) is 6.87. The number of aromatic nitrogens is 1. The van der Waals surface area contributed by atoms with E-state index >= 15 is 0 Å². The number of benzene rings is 1. The van der Waals surface area contributed by atoms with Gasteiger partial charge in [0, 0.05) is 5.56 Å². The summed E-state index contributed by atoms with van der Waals surface area (Å²) in [5.41, 5.74) is 5.66. The Balaban J connectivity index is 2.58. The van der Waals surface area contributed by atoms with E-state index in [4.69, 9.17) is 38.5 Å². The first kappa shape index (κ1) is 18.8. The summed E-state index contributed by atoms with van der Waals surface area (Å²) in [4.78, 5) is 8.77. The van der Waals surface area contributed by atoms with Crippen molar-refractivity contribution in [1.29, 1.82) is 0 Å². The number of anilines is 1. The van der Waals surface area contributed by atoms with E-state index in [1.807, 2.05) is 0 Å². The van der Waals surface area contributed by atoms with Crippen LogP contribution in [0.2, 0.25) is 10.0 Å². The number of nitrogens with two attached hydrogens (primary N) is 1. The number of pyridine rings is 1. The average Bonchev–Trinajstić information content (AvgIpc) is 2.58. The summed E-state index contributed by atoms with van der Waals surface area (Å²) < 4.78 is 19.5. The quantitative estimate of drug-likeness (QED) is 0.271. The maximum absolute atomic E-state index is 14.6. The molecule has 1 heterocycles. The molecule has 0 fully saturated rings. The van der Waals surface area contributed by atoms with Gasteiger partial charge in [0.15, 0.2) is 11.6 Å². The summed E-state index contributed by atoms with van der Waals surface area (Å²) in [6.45, 7) is 3.46. The smallest absolute Gasteiger partial charge is 0.175 e. The Hall–Kier alpha value is -2.51. The van der Waals surface area contributed by atoms with E-state index < -0.39 is 11.7 Å². The van der Waals surface area contributed by atoms with Gasteiger partial charge in [-0.05, 0) is 18.2 Å². The number of methoxy groups -OCH3 is 1. The van der Waals surface area contributed by atoms with Crippen LogP contribution in [0.15, 0.2) is 36.0 Å². The number of oxime groups is 1. The Morgan fingerprint density at radius 1 is 1.48 bits per heavy atom. The van der Waals surface area contributed by atoms with Gasteiger partial charge >= 0.3 is 0 Å². The Morgan fingerprint density at radius 3 is 2.84 bits per heavy atom. The molecule has 0 bridgehead atoms. The highest BCUT2D eigenvalue weighted by molar-refractivity contribution is 6.35. The minimum Gasteiger partial charge on any atom is -0.855 e. The van der Waals surface area contributed by atoms with Crippen molar-refractivity contribution in [2.75, 3.05) is 19.5 Å². The third-order valence-corrected chi connectivity index (χ3v) is 3.75. The van der Waals surface area contributed by atoms with Gasteiger partial charge in [-0.1, -0.05) is 35.9 Å². The zero-order chi connectivity index (χ0) is 18.6. The van der Waals surface area contributed by atoms with E-state index in [0.29, 0.717) is 0 Å². The lowest BCUT2D eigenvalue weighted by atomic mass is 10.1. The van der Waals surface area contributed by atoms with E-state index in [0.717, 1.165) is 0 Å². The second kappa shape index (κ2) is 8.04.